The highest BCUT2D eigenvalue weighted by atomic mass is 32.2. The smallest absolute Gasteiger partial charge is 0.224 e. The van der Waals surface area contributed by atoms with Crippen LogP contribution in [-0.4, -0.2) is 63.6 Å². The van der Waals surface area contributed by atoms with E-state index in [1.807, 2.05) is 6.07 Å². The third-order valence-corrected chi connectivity index (χ3v) is 6.75. The fourth-order valence-electron chi connectivity index (χ4n) is 3.57. The maximum absolute atomic E-state index is 12.4. The van der Waals surface area contributed by atoms with E-state index in [1.165, 1.54) is 11.1 Å². The van der Waals surface area contributed by atoms with Crippen LogP contribution in [0.1, 0.15) is 23.6 Å². The second-order valence-corrected chi connectivity index (χ2v) is 9.15. The van der Waals surface area contributed by atoms with Gasteiger partial charge in [-0.3, -0.25) is 9.69 Å². The van der Waals surface area contributed by atoms with Crippen molar-refractivity contribution < 1.29 is 17.9 Å². The third kappa shape index (κ3) is 4.80. The first-order chi connectivity index (χ1) is 11.9. The lowest BCUT2D eigenvalue weighted by atomic mass is 10.0. The summed E-state index contributed by atoms with van der Waals surface area (Å²) in [7, 11) is -3.05. The largest absolute Gasteiger partial charge is 0.379 e. The van der Waals surface area contributed by atoms with Crippen molar-refractivity contribution >= 4 is 15.7 Å². The average Bonchev–Trinajstić information content (AvgIpc) is 2.96. The molecular formula is C18H26N2O4S. The van der Waals surface area contributed by atoms with Crippen molar-refractivity contribution in [2.45, 2.75) is 19.4 Å². The van der Waals surface area contributed by atoms with Crippen molar-refractivity contribution in [3.8, 4) is 0 Å². The molecule has 3 rings (SSSR count). The predicted molar refractivity (Wildman–Crippen MR) is 96.1 cm³/mol. The zero-order valence-electron chi connectivity index (χ0n) is 14.6. The number of morpholine rings is 1. The number of aryl methyl sites for hydroxylation is 1. The Morgan fingerprint density at radius 3 is 2.76 bits per heavy atom. The van der Waals surface area contributed by atoms with E-state index in [-0.39, 0.29) is 23.5 Å². The van der Waals surface area contributed by atoms with Crippen LogP contribution in [0.3, 0.4) is 0 Å². The van der Waals surface area contributed by atoms with E-state index in [4.69, 9.17) is 4.74 Å². The molecule has 2 saturated heterocycles. The molecule has 6 nitrogen and oxygen atoms in total. The molecule has 2 aliphatic heterocycles. The number of ether oxygens (including phenoxy) is 1. The zero-order valence-corrected chi connectivity index (χ0v) is 15.4. The SMILES string of the molecule is Cc1cccc(C(CNC(=O)C2CCS(=O)(=O)C2)N2CCOCC2)c1. The Bertz CT molecular complexity index is 714. The van der Waals surface area contributed by atoms with Gasteiger partial charge in [-0.25, -0.2) is 8.42 Å². The molecule has 2 fully saturated rings. The summed E-state index contributed by atoms with van der Waals surface area (Å²) in [6.45, 7) is 5.58. The van der Waals surface area contributed by atoms with Crippen molar-refractivity contribution in [2.75, 3.05) is 44.4 Å². The van der Waals surface area contributed by atoms with Crippen molar-refractivity contribution in [1.82, 2.24) is 10.2 Å². The third-order valence-electron chi connectivity index (χ3n) is 4.99. The van der Waals surface area contributed by atoms with E-state index in [1.54, 1.807) is 0 Å². The van der Waals surface area contributed by atoms with Gasteiger partial charge in [0.05, 0.1) is 36.7 Å². The lowest BCUT2D eigenvalue weighted by Gasteiger charge is -2.35. The van der Waals surface area contributed by atoms with Gasteiger partial charge in [-0.15, -0.1) is 0 Å². The van der Waals surface area contributed by atoms with Crippen LogP contribution in [0.5, 0.6) is 0 Å². The molecule has 25 heavy (non-hydrogen) atoms. The maximum atomic E-state index is 12.4. The van der Waals surface area contributed by atoms with E-state index in [0.717, 1.165) is 13.1 Å². The summed E-state index contributed by atoms with van der Waals surface area (Å²) < 4.78 is 28.6. The highest BCUT2D eigenvalue weighted by molar-refractivity contribution is 7.91. The number of carbonyl (C=O) groups excluding carboxylic acids is 1. The number of nitrogens with zero attached hydrogens (tertiary/aromatic N) is 1. The van der Waals surface area contributed by atoms with Crippen LogP contribution in [0.15, 0.2) is 24.3 Å². The number of nitrogens with one attached hydrogen (secondary N) is 1. The van der Waals surface area contributed by atoms with Crippen LogP contribution in [-0.2, 0) is 19.4 Å². The van der Waals surface area contributed by atoms with Crippen LogP contribution in [0.2, 0.25) is 0 Å². The van der Waals surface area contributed by atoms with Gasteiger partial charge in [-0.1, -0.05) is 29.8 Å². The summed E-state index contributed by atoms with van der Waals surface area (Å²) in [6.07, 6.45) is 0.431. The molecule has 1 aromatic rings. The minimum Gasteiger partial charge on any atom is -0.379 e. The van der Waals surface area contributed by atoms with E-state index in [0.29, 0.717) is 26.2 Å². The van der Waals surface area contributed by atoms with E-state index < -0.39 is 15.8 Å². The fraction of sp³-hybridized carbons (Fsp3) is 0.611. The number of rotatable bonds is 5. The van der Waals surface area contributed by atoms with Gasteiger partial charge in [0.15, 0.2) is 9.84 Å². The average molecular weight is 366 g/mol. The topological polar surface area (TPSA) is 75.7 Å². The molecule has 1 aromatic carbocycles. The molecule has 2 aliphatic rings. The first-order valence-electron chi connectivity index (χ1n) is 8.81. The molecule has 2 heterocycles. The summed E-state index contributed by atoms with van der Waals surface area (Å²) in [5, 5.41) is 2.99. The summed E-state index contributed by atoms with van der Waals surface area (Å²) in [6, 6.07) is 8.39. The van der Waals surface area contributed by atoms with Crippen LogP contribution in [0.4, 0.5) is 0 Å². The number of amides is 1. The van der Waals surface area contributed by atoms with Gasteiger partial charge < -0.3 is 10.1 Å². The van der Waals surface area contributed by atoms with Crippen LogP contribution < -0.4 is 5.32 Å². The summed E-state index contributed by atoms with van der Waals surface area (Å²) in [4.78, 5) is 14.7. The molecule has 1 N–H and O–H groups in total. The second-order valence-electron chi connectivity index (χ2n) is 6.92. The number of benzene rings is 1. The normalized spacial score (nSPS) is 24.8. The van der Waals surface area contributed by atoms with Gasteiger partial charge in [0.2, 0.25) is 5.91 Å². The van der Waals surface area contributed by atoms with Gasteiger partial charge in [0, 0.05) is 19.6 Å². The zero-order chi connectivity index (χ0) is 17.9. The molecule has 7 heteroatoms. The van der Waals surface area contributed by atoms with Crippen LogP contribution in [0.25, 0.3) is 0 Å². The Balaban J connectivity index is 1.68. The Morgan fingerprint density at radius 1 is 1.36 bits per heavy atom. The Labute approximate surface area is 149 Å². The molecule has 1 amide bonds. The Hall–Kier alpha value is -1.44. The minimum absolute atomic E-state index is 0.0223. The van der Waals surface area contributed by atoms with Crippen molar-refractivity contribution in [2.24, 2.45) is 5.92 Å². The molecule has 2 unspecified atom stereocenters. The number of sulfone groups is 1. The quantitative estimate of drug-likeness (QED) is 0.839. The lowest BCUT2D eigenvalue weighted by molar-refractivity contribution is -0.124. The molecule has 0 aromatic heterocycles. The Kier molecular flexibility index (Phi) is 5.76. The molecule has 2 atom stereocenters. The number of hydrogen-bond acceptors (Lipinski definition) is 5. The Morgan fingerprint density at radius 2 is 2.12 bits per heavy atom. The van der Waals surface area contributed by atoms with Crippen molar-refractivity contribution in [1.29, 1.82) is 0 Å². The molecule has 0 spiro atoms. The van der Waals surface area contributed by atoms with Gasteiger partial charge in [-0.05, 0) is 18.9 Å². The van der Waals surface area contributed by atoms with Crippen LogP contribution >= 0.6 is 0 Å². The van der Waals surface area contributed by atoms with Gasteiger partial charge >= 0.3 is 0 Å². The molecule has 0 bridgehead atoms. The summed E-state index contributed by atoms with van der Waals surface area (Å²) >= 11 is 0. The molecular weight excluding hydrogens is 340 g/mol. The predicted octanol–water partition coefficient (Wildman–Crippen LogP) is 0.919. The van der Waals surface area contributed by atoms with Gasteiger partial charge in [0.25, 0.3) is 0 Å². The minimum atomic E-state index is -3.05. The molecule has 0 saturated carbocycles. The molecule has 138 valence electrons. The first kappa shape index (κ1) is 18.4. The maximum Gasteiger partial charge on any atom is 0.224 e. The van der Waals surface area contributed by atoms with E-state index in [2.05, 4.69) is 35.3 Å². The van der Waals surface area contributed by atoms with Crippen molar-refractivity contribution in [3.63, 3.8) is 0 Å². The lowest BCUT2D eigenvalue weighted by Crippen LogP contribution is -2.44. The second kappa shape index (κ2) is 7.85. The fourth-order valence-corrected chi connectivity index (χ4v) is 5.31. The highest BCUT2D eigenvalue weighted by Gasteiger charge is 2.33. The van der Waals surface area contributed by atoms with E-state index in [9.17, 15) is 13.2 Å². The first-order valence-corrected chi connectivity index (χ1v) is 10.6. The number of hydrogen-bond donors (Lipinski definition) is 1. The van der Waals surface area contributed by atoms with Gasteiger partial charge in [-0.2, -0.15) is 0 Å². The van der Waals surface area contributed by atoms with Gasteiger partial charge in [0.1, 0.15) is 0 Å². The number of carbonyl (C=O) groups is 1. The summed E-state index contributed by atoms with van der Waals surface area (Å²) in [5.74, 6) is -0.457. The van der Waals surface area contributed by atoms with Crippen molar-refractivity contribution in [3.05, 3.63) is 35.4 Å². The highest BCUT2D eigenvalue weighted by Crippen LogP contribution is 2.23. The monoisotopic (exact) mass is 366 g/mol. The summed E-state index contributed by atoms with van der Waals surface area (Å²) in [5.41, 5.74) is 2.35. The van der Waals surface area contributed by atoms with E-state index >= 15 is 0 Å². The van der Waals surface area contributed by atoms with Crippen LogP contribution in [0, 0.1) is 12.8 Å². The molecule has 0 aliphatic carbocycles. The molecule has 0 radical (unpaired) electrons. The standard InChI is InChI=1S/C18H26N2O4S/c1-14-3-2-4-15(11-14)17(20-6-8-24-9-7-20)12-19-18(21)16-5-10-25(22,23)13-16/h2-4,11,16-17H,5-10,12-13H2,1H3,(H,19,21).